The van der Waals surface area contributed by atoms with Crippen molar-refractivity contribution in [1.82, 2.24) is 14.7 Å². The van der Waals surface area contributed by atoms with Crippen molar-refractivity contribution in [3.8, 4) is 11.3 Å². The van der Waals surface area contributed by atoms with Crippen LogP contribution in [0.5, 0.6) is 0 Å². The number of fused-ring (bicyclic) bond motifs is 1. The predicted octanol–water partition coefficient (Wildman–Crippen LogP) is 4.24. The first-order valence-corrected chi connectivity index (χ1v) is 8.37. The van der Waals surface area contributed by atoms with Gasteiger partial charge in [0.2, 0.25) is 0 Å². The van der Waals surface area contributed by atoms with Crippen LogP contribution in [-0.2, 0) is 0 Å². The van der Waals surface area contributed by atoms with Crippen LogP contribution in [0.1, 0.15) is 30.8 Å². The van der Waals surface area contributed by atoms with Crippen LogP contribution in [0.15, 0.2) is 35.8 Å². The number of halogens is 1. The molecule has 0 fully saturated rings. The van der Waals surface area contributed by atoms with E-state index in [2.05, 4.69) is 10.3 Å². The minimum absolute atomic E-state index is 0.0688. The fraction of sp³-hybridized carbons (Fsp3) is 0.250. The average Bonchev–Trinajstić information content (AvgIpc) is 3.07. The molecule has 0 radical (unpaired) electrons. The third kappa shape index (κ3) is 2.87. The van der Waals surface area contributed by atoms with Gasteiger partial charge < -0.3 is 5.32 Å². The van der Waals surface area contributed by atoms with Crippen molar-refractivity contribution in [3.63, 3.8) is 0 Å². The fourth-order valence-corrected chi connectivity index (χ4v) is 3.09. The van der Waals surface area contributed by atoms with Gasteiger partial charge in [0.05, 0.1) is 5.69 Å². The van der Waals surface area contributed by atoms with Crippen molar-refractivity contribution >= 4 is 33.8 Å². The maximum Gasteiger partial charge on any atom is 0.269 e. The second kappa shape index (κ2) is 6.10. The lowest BCUT2D eigenvalue weighted by atomic mass is 10.2. The number of benzene rings is 1. The third-order valence-electron chi connectivity index (χ3n) is 3.57. The second-order valence-corrected chi connectivity index (χ2v) is 6.46. The van der Waals surface area contributed by atoms with Crippen LogP contribution < -0.4 is 5.32 Å². The smallest absolute Gasteiger partial charge is 0.269 e. The maximum atomic E-state index is 12.3. The zero-order valence-corrected chi connectivity index (χ0v) is 13.9. The first-order chi connectivity index (χ1) is 10.6. The Morgan fingerprint density at radius 2 is 2.14 bits per heavy atom. The number of carbonyl (C=O) groups is 1. The molecule has 3 aromatic rings. The molecule has 0 bridgehead atoms. The third-order valence-corrected chi connectivity index (χ3v) is 4.66. The minimum Gasteiger partial charge on any atom is -0.348 e. The SMILES string of the molecule is CCC(C)NC(=O)c1csc2nc(-c3ccc(Cl)cc3)cn12. The van der Waals surface area contributed by atoms with Crippen molar-refractivity contribution in [3.05, 3.63) is 46.6 Å². The Bertz CT molecular complexity index is 807. The Hall–Kier alpha value is -1.85. The Morgan fingerprint density at radius 1 is 1.41 bits per heavy atom. The topological polar surface area (TPSA) is 46.4 Å². The molecule has 1 amide bonds. The summed E-state index contributed by atoms with van der Waals surface area (Å²) in [4.78, 5) is 17.7. The highest BCUT2D eigenvalue weighted by molar-refractivity contribution is 7.15. The summed E-state index contributed by atoms with van der Waals surface area (Å²) in [6.07, 6.45) is 2.79. The molecule has 114 valence electrons. The molecule has 1 atom stereocenters. The average molecular weight is 334 g/mol. The Morgan fingerprint density at radius 3 is 2.82 bits per heavy atom. The van der Waals surface area contributed by atoms with Gasteiger partial charge in [0.15, 0.2) is 4.96 Å². The molecule has 1 unspecified atom stereocenters. The molecule has 1 aromatic carbocycles. The largest absolute Gasteiger partial charge is 0.348 e. The number of imidazole rings is 1. The number of nitrogens with zero attached hydrogens (tertiary/aromatic N) is 2. The number of carbonyl (C=O) groups excluding carboxylic acids is 1. The first kappa shape index (κ1) is 15.1. The molecule has 22 heavy (non-hydrogen) atoms. The summed E-state index contributed by atoms with van der Waals surface area (Å²) >= 11 is 7.37. The molecular formula is C16H16ClN3OS. The molecule has 0 aliphatic heterocycles. The standard InChI is InChI=1S/C16H16ClN3OS/c1-3-10(2)18-15(21)14-9-22-16-19-13(8-20(14)16)11-4-6-12(17)7-5-11/h4-10H,3H2,1-2H3,(H,18,21). The highest BCUT2D eigenvalue weighted by atomic mass is 35.5. The predicted molar refractivity (Wildman–Crippen MR) is 90.7 cm³/mol. The monoisotopic (exact) mass is 333 g/mol. The maximum absolute atomic E-state index is 12.3. The fourth-order valence-electron chi connectivity index (χ4n) is 2.11. The van der Waals surface area contributed by atoms with Crippen molar-refractivity contribution in [2.75, 3.05) is 0 Å². The van der Waals surface area contributed by atoms with E-state index in [9.17, 15) is 4.79 Å². The Labute approximate surface area is 137 Å². The van der Waals surface area contributed by atoms with Crippen LogP contribution in [-0.4, -0.2) is 21.3 Å². The van der Waals surface area contributed by atoms with E-state index in [0.29, 0.717) is 10.7 Å². The highest BCUT2D eigenvalue weighted by Gasteiger charge is 2.16. The molecule has 1 N–H and O–H groups in total. The van der Waals surface area contributed by atoms with Crippen LogP contribution >= 0.6 is 22.9 Å². The summed E-state index contributed by atoms with van der Waals surface area (Å²) in [6, 6.07) is 7.67. The van der Waals surface area contributed by atoms with E-state index in [0.717, 1.165) is 22.6 Å². The van der Waals surface area contributed by atoms with E-state index < -0.39 is 0 Å². The summed E-state index contributed by atoms with van der Waals surface area (Å²) in [6.45, 7) is 4.04. The van der Waals surface area contributed by atoms with Crippen LogP contribution in [0.4, 0.5) is 0 Å². The molecule has 4 nitrogen and oxygen atoms in total. The van der Waals surface area contributed by atoms with Crippen LogP contribution in [0.2, 0.25) is 5.02 Å². The summed E-state index contributed by atoms with van der Waals surface area (Å²) < 4.78 is 1.84. The first-order valence-electron chi connectivity index (χ1n) is 7.12. The van der Waals surface area contributed by atoms with Crippen molar-refractivity contribution in [2.24, 2.45) is 0 Å². The van der Waals surface area contributed by atoms with E-state index >= 15 is 0 Å². The van der Waals surface area contributed by atoms with E-state index in [4.69, 9.17) is 11.6 Å². The number of hydrogen-bond donors (Lipinski definition) is 1. The lowest BCUT2D eigenvalue weighted by molar-refractivity contribution is 0.0933. The summed E-state index contributed by atoms with van der Waals surface area (Å²) in [5, 5.41) is 5.51. The number of aromatic nitrogens is 2. The van der Waals surface area contributed by atoms with Gasteiger partial charge in [-0.25, -0.2) is 4.98 Å². The number of thiazole rings is 1. The lowest BCUT2D eigenvalue weighted by Gasteiger charge is -2.10. The van der Waals surface area contributed by atoms with E-state index in [-0.39, 0.29) is 11.9 Å². The number of amides is 1. The van der Waals surface area contributed by atoms with Gasteiger partial charge in [0, 0.05) is 28.2 Å². The van der Waals surface area contributed by atoms with Crippen molar-refractivity contribution < 1.29 is 4.79 Å². The summed E-state index contributed by atoms with van der Waals surface area (Å²) in [5.41, 5.74) is 2.43. The van der Waals surface area contributed by atoms with Gasteiger partial charge in [0.25, 0.3) is 5.91 Å². The lowest BCUT2D eigenvalue weighted by Crippen LogP contribution is -2.32. The summed E-state index contributed by atoms with van der Waals surface area (Å²) in [7, 11) is 0. The molecular weight excluding hydrogens is 318 g/mol. The number of hydrogen-bond acceptors (Lipinski definition) is 3. The van der Waals surface area contributed by atoms with Crippen LogP contribution in [0.25, 0.3) is 16.2 Å². The zero-order valence-electron chi connectivity index (χ0n) is 12.3. The Kier molecular flexibility index (Phi) is 4.18. The molecule has 6 heteroatoms. The minimum atomic E-state index is -0.0688. The van der Waals surface area contributed by atoms with Gasteiger partial charge in [-0.2, -0.15) is 0 Å². The number of rotatable bonds is 4. The molecule has 0 aliphatic carbocycles. The van der Waals surface area contributed by atoms with Gasteiger partial charge in [-0.3, -0.25) is 9.20 Å². The molecule has 0 spiro atoms. The van der Waals surface area contributed by atoms with Crippen LogP contribution in [0, 0.1) is 0 Å². The van der Waals surface area contributed by atoms with Gasteiger partial charge >= 0.3 is 0 Å². The van der Waals surface area contributed by atoms with Gasteiger partial charge in [-0.05, 0) is 25.5 Å². The molecule has 0 aliphatic rings. The molecule has 2 aromatic heterocycles. The number of nitrogens with one attached hydrogen (secondary N) is 1. The zero-order chi connectivity index (χ0) is 15.7. The molecule has 0 saturated carbocycles. The van der Waals surface area contributed by atoms with Crippen LogP contribution in [0.3, 0.4) is 0 Å². The molecule has 3 rings (SSSR count). The quantitative estimate of drug-likeness (QED) is 0.776. The van der Waals surface area contributed by atoms with E-state index in [1.54, 1.807) is 0 Å². The summed E-state index contributed by atoms with van der Waals surface area (Å²) in [5.74, 6) is -0.0688. The molecule has 2 heterocycles. The van der Waals surface area contributed by atoms with Gasteiger partial charge in [-0.15, -0.1) is 11.3 Å². The van der Waals surface area contributed by atoms with Crippen molar-refractivity contribution in [1.29, 1.82) is 0 Å². The molecule has 0 saturated heterocycles. The van der Waals surface area contributed by atoms with Crippen molar-refractivity contribution in [2.45, 2.75) is 26.3 Å². The van der Waals surface area contributed by atoms with Gasteiger partial charge in [-0.1, -0.05) is 30.7 Å². The van der Waals surface area contributed by atoms with E-state index in [1.807, 2.05) is 54.1 Å². The van der Waals surface area contributed by atoms with E-state index in [1.165, 1.54) is 11.3 Å². The second-order valence-electron chi connectivity index (χ2n) is 5.19. The Balaban J connectivity index is 1.94. The highest BCUT2D eigenvalue weighted by Crippen LogP contribution is 2.24. The van der Waals surface area contributed by atoms with Gasteiger partial charge in [0.1, 0.15) is 5.69 Å². The normalized spacial score (nSPS) is 12.5.